The minimum atomic E-state index is 0.199. The summed E-state index contributed by atoms with van der Waals surface area (Å²) in [5.74, 6) is 1.38. The quantitative estimate of drug-likeness (QED) is 0.688. The molecule has 3 nitrogen and oxygen atoms in total. The van der Waals surface area contributed by atoms with Crippen LogP contribution < -0.4 is 5.73 Å². The molecule has 0 saturated carbocycles. The number of nitrogens with zero attached hydrogens (tertiary/aromatic N) is 1. The number of rotatable bonds is 3. The summed E-state index contributed by atoms with van der Waals surface area (Å²) in [6.45, 7) is 4.01. The second-order valence-corrected chi connectivity index (χ2v) is 6.47. The molecular weight excluding hydrogens is 280 g/mol. The smallest absolute Gasteiger partial charge is 0.232 e. The zero-order chi connectivity index (χ0) is 13.8. The molecule has 5 heteroatoms. The van der Waals surface area contributed by atoms with Crippen molar-refractivity contribution in [3.05, 3.63) is 23.2 Å². The maximum Gasteiger partial charge on any atom is 0.232 e. The van der Waals surface area contributed by atoms with Crippen LogP contribution in [0.25, 0.3) is 0 Å². The summed E-state index contributed by atoms with van der Waals surface area (Å²) in [6.07, 6.45) is 2.22. The number of benzene rings is 1. The number of carbonyl (C=O) groups is 1. The van der Waals surface area contributed by atoms with Crippen LogP contribution in [0, 0.1) is 5.92 Å². The fraction of sp³-hybridized carbons (Fsp3) is 0.500. The van der Waals surface area contributed by atoms with Crippen LogP contribution >= 0.6 is 23.4 Å². The molecule has 19 heavy (non-hydrogen) atoms. The fourth-order valence-electron chi connectivity index (χ4n) is 2.12. The van der Waals surface area contributed by atoms with Gasteiger partial charge in [0.2, 0.25) is 5.91 Å². The van der Waals surface area contributed by atoms with Crippen molar-refractivity contribution >= 4 is 35.0 Å². The molecule has 0 spiro atoms. The molecule has 1 heterocycles. The van der Waals surface area contributed by atoms with Gasteiger partial charge in [-0.2, -0.15) is 0 Å². The molecule has 0 atom stereocenters. The fourth-order valence-corrected chi connectivity index (χ4v) is 3.30. The molecule has 2 rings (SSSR count). The molecule has 1 aromatic rings. The Kier molecular flexibility index (Phi) is 4.99. The Labute approximate surface area is 123 Å². The van der Waals surface area contributed by atoms with Crippen LogP contribution in [0.2, 0.25) is 5.02 Å². The lowest BCUT2D eigenvalue weighted by Crippen LogP contribution is -2.38. The number of anilines is 1. The van der Waals surface area contributed by atoms with Crippen molar-refractivity contribution in [3.8, 4) is 0 Å². The number of piperidine rings is 1. The third-order valence-electron chi connectivity index (χ3n) is 3.44. The summed E-state index contributed by atoms with van der Waals surface area (Å²) < 4.78 is 0. The summed E-state index contributed by atoms with van der Waals surface area (Å²) in [5.41, 5.74) is 6.29. The summed E-state index contributed by atoms with van der Waals surface area (Å²) in [6, 6.07) is 5.39. The van der Waals surface area contributed by atoms with E-state index in [9.17, 15) is 4.79 Å². The highest BCUT2D eigenvalue weighted by Crippen LogP contribution is 2.29. The van der Waals surface area contributed by atoms with E-state index in [0.717, 1.165) is 36.7 Å². The van der Waals surface area contributed by atoms with Crippen molar-refractivity contribution in [1.82, 2.24) is 4.90 Å². The van der Waals surface area contributed by atoms with Gasteiger partial charge in [0.1, 0.15) is 0 Å². The molecule has 2 N–H and O–H groups in total. The minimum Gasteiger partial charge on any atom is -0.399 e. The monoisotopic (exact) mass is 298 g/mol. The lowest BCUT2D eigenvalue weighted by molar-refractivity contribution is -0.129. The molecule has 0 unspecified atom stereocenters. The summed E-state index contributed by atoms with van der Waals surface area (Å²) in [7, 11) is 0. The van der Waals surface area contributed by atoms with E-state index in [1.54, 1.807) is 12.1 Å². The van der Waals surface area contributed by atoms with Crippen molar-refractivity contribution in [2.45, 2.75) is 24.7 Å². The van der Waals surface area contributed by atoms with Gasteiger partial charge in [-0.1, -0.05) is 18.5 Å². The number of amides is 1. The van der Waals surface area contributed by atoms with Gasteiger partial charge in [-0.25, -0.2) is 0 Å². The van der Waals surface area contributed by atoms with Crippen molar-refractivity contribution < 1.29 is 4.79 Å². The van der Waals surface area contributed by atoms with Crippen molar-refractivity contribution in [2.75, 3.05) is 24.6 Å². The number of hydrogen-bond acceptors (Lipinski definition) is 3. The first kappa shape index (κ1) is 14.5. The van der Waals surface area contributed by atoms with E-state index in [0.29, 0.717) is 16.5 Å². The Hall–Kier alpha value is -0.870. The Bertz CT molecular complexity index is 459. The average molecular weight is 299 g/mol. The largest absolute Gasteiger partial charge is 0.399 e. The molecule has 0 aromatic heterocycles. The van der Waals surface area contributed by atoms with E-state index in [2.05, 4.69) is 6.92 Å². The third-order valence-corrected chi connectivity index (χ3v) is 4.93. The Morgan fingerprint density at radius 3 is 2.79 bits per heavy atom. The first-order valence-corrected chi connectivity index (χ1v) is 7.88. The molecule has 104 valence electrons. The first-order chi connectivity index (χ1) is 9.06. The maximum atomic E-state index is 12.1. The summed E-state index contributed by atoms with van der Waals surface area (Å²) >= 11 is 7.57. The van der Waals surface area contributed by atoms with Crippen LogP contribution in [0.4, 0.5) is 5.69 Å². The van der Waals surface area contributed by atoms with E-state index in [-0.39, 0.29) is 5.91 Å². The van der Waals surface area contributed by atoms with Gasteiger partial charge in [-0.3, -0.25) is 4.79 Å². The molecule has 1 fully saturated rings. The predicted molar refractivity (Wildman–Crippen MR) is 81.6 cm³/mol. The normalized spacial score (nSPS) is 16.6. The van der Waals surface area contributed by atoms with E-state index in [4.69, 9.17) is 17.3 Å². The lowest BCUT2D eigenvalue weighted by atomic mass is 9.99. The van der Waals surface area contributed by atoms with Crippen LogP contribution in [0.3, 0.4) is 0 Å². The minimum absolute atomic E-state index is 0.199. The number of nitrogen functional groups attached to an aromatic ring is 1. The molecular formula is C14H19ClN2OS. The van der Waals surface area contributed by atoms with Crippen LogP contribution in [-0.4, -0.2) is 29.6 Å². The van der Waals surface area contributed by atoms with E-state index >= 15 is 0 Å². The van der Waals surface area contributed by atoms with Gasteiger partial charge >= 0.3 is 0 Å². The van der Waals surface area contributed by atoms with E-state index in [1.807, 2.05) is 11.0 Å². The van der Waals surface area contributed by atoms with Crippen LogP contribution in [-0.2, 0) is 4.79 Å². The zero-order valence-electron chi connectivity index (χ0n) is 11.1. The van der Waals surface area contributed by atoms with Gasteiger partial charge in [0, 0.05) is 23.7 Å². The van der Waals surface area contributed by atoms with Gasteiger partial charge in [0.15, 0.2) is 0 Å². The molecule has 0 bridgehead atoms. The Morgan fingerprint density at radius 2 is 2.16 bits per heavy atom. The number of hydrogen-bond donors (Lipinski definition) is 1. The Balaban J connectivity index is 1.86. The second kappa shape index (κ2) is 6.53. The third kappa shape index (κ3) is 4.05. The van der Waals surface area contributed by atoms with E-state index in [1.165, 1.54) is 11.8 Å². The molecule has 1 amide bonds. The highest BCUT2D eigenvalue weighted by molar-refractivity contribution is 8.00. The summed E-state index contributed by atoms with van der Waals surface area (Å²) in [4.78, 5) is 15.0. The molecule has 1 aliphatic rings. The number of thioether (sulfide) groups is 1. The van der Waals surface area contributed by atoms with Gasteiger partial charge < -0.3 is 10.6 Å². The molecule has 0 aliphatic carbocycles. The molecule has 1 aliphatic heterocycles. The number of halogens is 1. The standard InChI is InChI=1S/C14H19ClN2OS/c1-10-4-6-17(7-5-10)14(18)9-19-13-3-2-11(16)8-12(13)15/h2-3,8,10H,4-7,9,16H2,1H3. The zero-order valence-corrected chi connectivity index (χ0v) is 12.6. The van der Waals surface area contributed by atoms with Gasteiger partial charge in [0.05, 0.1) is 10.8 Å². The van der Waals surface area contributed by atoms with Gasteiger partial charge in [-0.05, 0) is 37.0 Å². The molecule has 1 saturated heterocycles. The van der Waals surface area contributed by atoms with Gasteiger partial charge in [-0.15, -0.1) is 11.8 Å². The van der Waals surface area contributed by atoms with Crippen molar-refractivity contribution in [2.24, 2.45) is 5.92 Å². The van der Waals surface area contributed by atoms with Crippen LogP contribution in [0.15, 0.2) is 23.1 Å². The summed E-state index contributed by atoms with van der Waals surface area (Å²) in [5, 5.41) is 0.616. The lowest BCUT2D eigenvalue weighted by Gasteiger charge is -2.30. The predicted octanol–water partition coefficient (Wildman–Crippen LogP) is 3.27. The SMILES string of the molecule is CC1CCN(C(=O)CSc2ccc(N)cc2Cl)CC1. The number of nitrogens with two attached hydrogens (primary N) is 1. The topological polar surface area (TPSA) is 46.3 Å². The van der Waals surface area contributed by atoms with Crippen LogP contribution in [0.5, 0.6) is 0 Å². The molecule has 1 aromatic carbocycles. The van der Waals surface area contributed by atoms with Crippen molar-refractivity contribution in [1.29, 1.82) is 0 Å². The number of carbonyl (C=O) groups excluding carboxylic acids is 1. The molecule has 0 radical (unpaired) electrons. The second-order valence-electron chi connectivity index (χ2n) is 5.04. The van der Waals surface area contributed by atoms with E-state index < -0.39 is 0 Å². The highest BCUT2D eigenvalue weighted by atomic mass is 35.5. The number of likely N-dealkylation sites (tertiary alicyclic amines) is 1. The van der Waals surface area contributed by atoms with Gasteiger partial charge in [0.25, 0.3) is 0 Å². The average Bonchev–Trinajstić information content (AvgIpc) is 2.38. The maximum absolute atomic E-state index is 12.1. The van der Waals surface area contributed by atoms with Crippen LogP contribution in [0.1, 0.15) is 19.8 Å². The Morgan fingerprint density at radius 1 is 1.47 bits per heavy atom. The first-order valence-electron chi connectivity index (χ1n) is 6.52. The highest BCUT2D eigenvalue weighted by Gasteiger charge is 2.20. The van der Waals surface area contributed by atoms with Crippen molar-refractivity contribution in [3.63, 3.8) is 0 Å².